The molecule has 2 aromatic rings. The second kappa shape index (κ2) is 7.12. The summed E-state index contributed by atoms with van der Waals surface area (Å²) < 4.78 is 11.3. The Kier molecular flexibility index (Phi) is 4.95. The SMILES string of the molecule is CCOCc1c(C(=O)NN2CC[NH+](C)CC2)oc2ccccc12. The molecule has 2 N–H and O–H groups in total. The van der Waals surface area contributed by atoms with E-state index in [1.807, 2.05) is 36.2 Å². The summed E-state index contributed by atoms with van der Waals surface area (Å²) in [6.07, 6.45) is 0. The molecule has 2 heterocycles. The Bertz CT molecular complexity index is 675. The zero-order chi connectivity index (χ0) is 16.2. The van der Waals surface area contributed by atoms with Crippen LogP contribution in [0.1, 0.15) is 23.0 Å². The summed E-state index contributed by atoms with van der Waals surface area (Å²) in [5.41, 5.74) is 4.50. The average Bonchev–Trinajstić information content (AvgIpc) is 2.94. The fourth-order valence-corrected chi connectivity index (χ4v) is 2.82. The number of benzene rings is 1. The van der Waals surface area contributed by atoms with Crippen molar-refractivity contribution in [3.05, 3.63) is 35.6 Å². The molecule has 124 valence electrons. The monoisotopic (exact) mass is 318 g/mol. The number of furan rings is 1. The molecule has 0 radical (unpaired) electrons. The van der Waals surface area contributed by atoms with Gasteiger partial charge in [-0.3, -0.25) is 10.2 Å². The highest BCUT2D eigenvalue weighted by molar-refractivity contribution is 5.98. The molecule has 1 aliphatic heterocycles. The van der Waals surface area contributed by atoms with Crippen molar-refractivity contribution in [1.29, 1.82) is 0 Å². The van der Waals surface area contributed by atoms with Crippen molar-refractivity contribution in [2.75, 3.05) is 39.8 Å². The third-order valence-corrected chi connectivity index (χ3v) is 4.23. The van der Waals surface area contributed by atoms with Gasteiger partial charge < -0.3 is 14.1 Å². The minimum absolute atomic E-state index is 0.199. The normalized spacial score (nSPS) is 16.8. The molecule has 0 unspecified atom stereocenters. The number of rotatable bonds is 5. The van der Waals surface area contributed by atoms with Crippen molar-refractivity contribution >= 4 is 16.9 Å². The molecule has 0 spiro atoms. The highest BCUT2D eigenvalue weighted by Gasteiger charge is 2.24. The van der Waals surface area contributed by atoms with Crippen molar-refractivity contribution in [2.45, 2.75) is 13.5 Å². The number of amides is 1. The molecule has 23 heavy (non-hydrogen) atoms. The number of hydrazine groups is 1. The van der Waals surface area contributed by atoms with Crippen LogP contribution in [0, 0.1) is 0 Å². The highest BCUT2D eigenvalue weighted by atomic mass is 16.5. The summed E-state index contributed by atoms with van der Waals surface area (Å²) in [6.45, 7) is 6.65. The van der Waals surface area contributed by atoms with E-state index in [4.69, 9.17) is 9.15 Å². The van der Waals surface area contributed by atoms with Gasteiger partial charge in [0, 0.05) is 17.6 Å². The number of hydrogen-bond acceptors (Lipinski definition) is 4. The van der Waals surface area contributed by atoms with Crippen LogP contribution >= 0.6 is 0 Å². The highest BCUT2D eigenvalue weighted by Crippen LogP contribution is 2.26. The second-order valence-electron chi connectivity index (χ2n) is 5.93. The van der Waals surface area contributed by atoms with Crippen molar-refractivity contribution < 1.29 is 18.8 Å². The van der Waals surface area contributed by atoms with E-state index in [1.165, 1.54) is 4.90 Å². The van der Waals surface area contributed by atoms with Gasteiger partial charge in [0.15, 0.2) is 5.76 Å². The van der Waals surface area contributed by atoms with Crippen molar-refractivity contribution in [1.82, 2.24) is 10.4 Å². The lowest BCUT2D eigenvalue weighted by molar-refractivity contribution is -0.884. The molecule has 1 amide bonds. The van der Waals surface area contributed by atoms with Gasteiger partial charge in [-0.1, -0.05) is 18.2 Å². The lowest BCUT2D eigenvalue weighted by Gasteiger charge is -2.29. The molecule has 6 heteroatoms. The number of quaternary nitrogens is 1. The summed E-state index contributed by atoms with van der Waals surface area (Å²) >= 11 is 0. The molecule has 1 saturated heterocycles. The number of nitrogens with one attached hydrogen (secondary N) is 2. The lowest BCUT2D eigenvalue weighted by atomic mass is 10.1. The van der Waals surface area contributed by atoms with Gasteiger partial charge >= 0.3 is 5.91 Å². The van der Waals surface area contributed by atoms with Gasteiger partial charge in [-0.05, 0) is 13.0 Å². The molecule has 1 aromatic carbocycles. The van der Waals surface area contributed by atoms with Crippen LogP contribution in [0.25, 0.3) is 11.0 Å². The number of hydrogen-bond donors (Lipinski definition) is 2. The zero-order valence-electron chi connectivity index (χ0n) is 13.7. The zero-order valence-corrected chi connectivity index (χ0v) is 13.7. The van der Waals surface area contributed by atoms with Crippen molar-refractivity contribution in [3.63, 3.8) is 0 Å². The van der Waals surface area contributed by atoms with Gasteiger partial charge in [0.05, 0.1) is 39.8 Å². The number of carbonyl (C=O) groups is 1. The van der Waals surface area contributed by atoms with Gasteiger partial charge in [-0.2, -0.15) is 0 Å². The maximum atomic E-state index is 12.6. The van der Waals surface area contributed by atoms with E-state index in [0.717, 1.165) is 42.7 Å². The smallest absolute Gasteiger partial charge is 0.301 e. The van der Waals surface area contributed by atoms with Crippen LogP contribution in [-0.2, 0) is 11.3 Å². The van der Waals surface area contributed by atoms with E-state index < -0.39 is 0 Å². The number of carbonyl (C=O) groups excluding carboxylic acids is 1. The Morgan fingerprint density at radius 1 is 1.35 bits per heavy atom. The summed E-state index contributed by atoms with van der Waals surface area (Å²) in [7, 11) is 2.17. The third kappa shape index (κ3) is 3.55. The van der Waals surface area contributed by atoms with Crippen LogP contribution in [0.2, 0.25) is 0 Å². The first-order valence-corrected chi connectivity index (χ1v) is 8.14. The topological polar surface area (TPSA) is 59.1 Å². The fraction of sp³-hybridized carbons (Fsp3) is 0.471. The minimum Gasteiger partial charge on any atom is -0.450 e. The average molecular weight is 318 g/mol. The molecule has 1 aromatic heterocycles. The van der Waals surface area contributed by atoms with Crippen LogP contribution in [0.3, 0.4) is 0 Å². The van der Waals surface area contributed by atoms with Crippen molar-refractivity contribution in [2.24, 2.45) is 0 Å². The van der Waals surface area contributed by atoms with E-state index in [9.17, 15) is 4.79 Å². The van der Waals surface area contributed by atoms with Crippen LogP contribution in [0.4, 0.5) is 0 Å². The molecule has 0 saturated carbocycles. The Labute approximate surface area is 136 Å². The second-order valence-corrected chi connectivity index (χ2v) is 5.93. The van der Waals surface area contributed by atoms with E-state index in [1.54, 1.807) is 0 Å². The van der Waals surface area contributed by atoms with Crippen molar-refractivity contribution in [3.8, 4) is 0 Å². The fourth-order valence-electron chi connectivity index (χ4n) is 2.82. The van der Waals surface area contributed by atoms with E-state index in [2.05, 4.69) is 12.5 Å². The van der Waals surface area contributed by atoms with Crippen LogP contribution in [0.15, 0.2) is 28.7 Å². The molecule has 0 atom stereocenters. The van der Waals surface area contributed by atoms with Gasteiger partial charge in [-0.25, -0.2) is 5.01 Å². The Morgan fingerprint density at radius 2 is 2.09 bits per heavy atom. The van der Waals surface area contributed by atoms with Crippen LogP contribution in [-0.4, -0.2) is 50.7 Å². The van der Waals surface area contributed by atoms with Crippen LogP contribution < -0.4 is 10.3 Å². The Hall–Kier alpha value is -1.89. The third-order valence-electron chi connectivity index (χ3n) is 4.23. The summed E-state index contributed by atoms with van der Waals surface area (Å²) in [5, 5.41) is 2.90. The van der Waals surface area contributed by atoms with Crippen LogP contribution in [0.5, 0.6) is 0 Å². The number of piperazine rings is 1. The first kappa shape index (κ1) is 16.0. The van der Waals surface area contributed by atoms with E-state index >= 15 is 0 Å². The van der Waals surface area contributed by atoms with Gasteiger partial charge in [-0.15, -0.1) is 0 Å². The van der Waals surface area contributed by atoms with Gasteiger partial charge in [0.2, 0.25) is 0 Å². The Morgan fingerprint density at radius 3 is 2.83 bits per heavy atom. The molecular weight excluding hydrogens is 294 g/mol. The van der Waals surface area contributed by atoms with E-state index in [0.29, 0.717) is 19.0 Å². The molecule has 0 bridgehead atoms. The van der Waals surface area contributed by atoms with Gasteiger partial charge in [0.25, 0.3) is 0 Å². The maximum absolute atomic E-state index is 12.6. The molecule has 1 fully saturated rings. The number of likely N-dealkylation sites (N-methyl/N-ethyl adjacent to an activating group) is 1. The number of fused-ring (bicyclic) bond motifs is 1. The standard InChI is InChI=1S/C17H23N3O3/c1-3-22-12-14-13-6-4-5-7-15(13)23-16(14)17(21)18-20-10-8-19(2)9-11-20/h4-7H,3,8-12H2,1-2H3,(H,18,21)/p+1. The van der Waals surface area contributed by atoms with E-state index in [-0.39, 0.29) is 5.91 Å². The summed E-state index contributed by atoms with van der Waals surface area (Å²) in [4.78, 5) is 14.1. The lowest BCUT2D eigenvalue weighted by Crippen LogP contribution is -3.12. The quantitative estimate of drug-likeness (QED) is 0.840. The summed E-state index contributed by atoms with van der Waals surface area (Å²) in [6, 6.07) is 7.68. The maximum Gasteiger partial charge on any atom is 0.301 e. The molecular formula is C17H24N3O3+. The molecule has 6 nitrogen and oxygen atoms in total. The predicted molar refractivity (Wildman–Crippen MR) is 87.2 cm³/mol. The molecule has 1 aliphatic rings. The predicted octanol–water partition coefficient (Wildman–Crippen LogP) is 0.444. The first-order chi connectivity index (χ1) is 11.2. The number of nitrogens with zero attached hydrogens (tertiary/aromatic N) is 1. The number of ether oxygens (including phenoxy) is 1. The Balaban J connectivity index is 1.81. The number of para-hydroxylation sites is 1. The van der Waals surface area contributed by atoms with Gasteiger partial charge in [0.1, 0.15) is 5.58 Å². The minimum atomic E-state index is -0.199. The first-order valence-electron chi connectivity index (χ1n) is 8.14. The molecule has 0 aliphatic carbocycles. The molecule has 3 rings (SSSR count). The largest absolute Gasteiger partial charge is 0.450 e. The summed E-state index contributed by atoms with van der Waals surface area (Å²) in [5.74, 6) is 0.154.